The molecule has 2 heterocycles. The first-order valence-corrected chi connectivity index (χ1v) is 7.74. The van der Waals surface area contributed by atoms with E-state index in [0.717, 1.165) is 21.1 Å². The van der Waals surface area contributed by atoms with Gasteiger partial charge >= 0.3 is 0 Å². The van der Waals surface area contributed by atoms with Crippen molar-refractivity contribution in [2.24, 2.45) is 0 Å². The molecule has 104 valence electrons. The molecule has 0 fully saturated rings. The highest BCUT2D eigenvalue weighted by Gasteiger charge is 2.16. The molecule has 0 bridgehead atoms. The molecular weight excluding hydrogens is 312 g/mol. The normalized spacial score (nSPS) is 12.8. The van der Waals surface area contributed by atoms with Crippen molar-refractivity contribution >= 4 is 46.2 Å². The highest BCUT2D eigenvalue weighted by atomic mass is 35.5. The highest BCUT2D eigenvalue weighted by molar-refractivity contribution is 7.71. The fourth-order valence-corrected chi connectivity index (χ4v) is 3.82. The summed E-state index contributed by atoms with van der Waals surface area (Å²) in [6.45, 7) is 2.12. The van der Waals surface area contributed by atoms with E-state index in [0.29, 0.717) is 4.77 Å². The Labute approximate surface area is 130 Å². The van der Waals surface area contributed by atoms with Crippen molar-refractivity contribution in [1.29, 1.82) is 0 Å². The average Bonchev–Trinajstić information content (AvgIpc) is 3.00. The number of ether oxygens (including phenoxy) is 1. The van der Waals surface area contributed by atoms with Crippen LogP contribution in [0.5, 0.6) is 5.75 Å². The minimum atomic E-state index is 0.126. The number of hydrogen-bond donors (Lipinski definition) is 1. The Hall–Kier alpha value is -1.30. The van der Waals surface area contributed by atoms with Crippen LogP contribution in [-0.2, 0) is 0 Å². The van der Waals surface area contributed by atoms with Gasteiger partial charge in [0.25, 0.3) is 0 Å². The third kappa shape index (κ3) is 2.16. The van der Waals surface area contributed by atoms with Crippen LogP contribution < -0.4 is 4.74 Å². The first-order valence-electron chi connectivity index (χ1n) is 6.14. The summed E-state index contributed by atoms with van der Waals surface area (Å²) >= 11 is 13.1. The molecule has 2 aromatic heterocycles. The summed E-state index contributed by atoms with van der Waals surface area (Å²) in [5.41, 5.74) is 1.96. The number of aromatic amines is 1. The number of rotatable bonds is 3. The van der Waals surface area contributed by atoms with Crippen molar-refractivity contribution in [3.05, 3.63) is 44.3 Å². The second-order valence-electron chi connectivity index (χ2n) is 4.47. The second kappa shape index (κ2) is 5.24. The fourth-order valence-electron chi connectivity index (χ4n) is 2.36. The number of hydrogen-bond acceptors (Lipinski definition) is 3. The Morgan fingerprint density at radius 1 is 1.35 bits per heavy atom. The van der Waals surface area contributed by atoms with Crippen molar-refractivity contribution in [2.75, 3.05) is 7.11 Å². The zero-order valence-corrected chi connectivity index (χ0v) is 13.4. The van der Waals surface area contributed by atoms with Crippen molar-refractivity contribution in [3.63, 3.8) is 0 Å². The molecule has 0 amide bonds. The van der Waals surface area contributed by atoms with Gasteiger partial charge in [-0.3, -0.25) is 0 Å². The zero-order chi connectivity index (χ0) is 14.3. The van der Waals surface area contributed by atoms with Crippen molar-refractivity contribution in [2.45, 2.75) is 13.0 Å². The Morgan fingerprint density at radius 2 is 2.15 bits per heavy atom. The average molecular weight is 325 g/mol. The number of nitrogens with one attached hydrogen (secondary N) is 1. The lowest BCUT2D eigenvalue weighted by atomic mass is 10.2. The number of para-hydroxylation sites is 1. The minimum absolute atomic E-state index is 0.126. The van der Waals surface area contributed by atoms with E-state index in [-0.39, 0.29) is 6.04 Å². The number of fused-ring (bicyclic) bond motifs is 1. The molecule has 3 aromatic rings. The summed E-state index contributed by atoms with van der Waals surface area (Å²) in [6, 6.07) is 10.0. The van der Waals surface area contributed by atoms with Crippen LogP contribution in [0.2, 0.25) is 4.34 Å². The molecule has 0 aliphatic carbocycles. The van der Waals surface area contributed by atoms with Crippen LogP contribution >= 0.6 is 35.2 Å². The van der Waals surface area contributed by atoms with Crippen LogP contribution in [0, 0.1) is 4.77 Å². The molecule has 3 nitrogen and oxygen atoms in total. The van der Waals surface area contributed by atoms with Crippen LogP contribution in [0.15, 0.2) is 30.3 Å². The number of thiophene rings is 1. The van der Waals surface area contributed by atoms with Gasteiger partial charge in [0.1, 0.15) is 11.3 Å². The third-order valence-corrected chi connectivity index (χ3v) is 5.03. The maximum absolute atomic E-state index is 6.03. The van der Waals surface area contributed by atoms with Gasteiger partial charge in [0, 0.05) is 4.88 Å². The van der Waals surface area contributed by atoms with Gasteiger partial charge in [-0.2, -0.15) is 0 Å². The lowest BCUT2D eigenvalue weighted by Gasteiger charge is -2.13. The molecule has 0 saturated heterocycles. The molecule has 0 saturated carbocycles. The molecular formula is C14H13ClN2OS2. The predicted octanol–water partition coefficient (Wildman–Crippen LogP) is 5.03. The van der Waals surface area contributed by atoms with Gasteiger partial charge in [-0.1, -0.05) is 17.7 Å². The number of aromatic nitrogens is 2. The summed E-state index contributed by atoms with van der Waals surface area (Å²) in [7, 11) is 1.66. The minimum Gasteiger partial charge on any atom is -0.494 e. The zero-order valence-electron chi connectivity index (χ0n) is 11.0. The predicted molar refractivity (Wildman–Crippen MR) is 86.8 cm³/mol. The summed E-state index contributed by atoms with van der Waals surface area (Å²) < 4.78 is 8.94. The fraction of sp³-hybridized carbons (Fsp3) is 0.214. The summed E-state index contributed by atoms with van der Waals surface area (Å²) in [4.78, 5) is 4.40. The van der Waals surface area contributed by atoms with Crippen molar-refractivity contribution < 1.29 is 4.74 Å². The standard InChI is InChI=1S/C14H13ClN2OS2/c1-8(11-6-7-12(15)20-11)17-9-4-3-5-10(18-2)13(9)16-14(17)19/h3-8H,1-2H3,(H,16,19). The Balaban J connectivity index is 2.21. The van der Waals surface area contributed by atoms with E-state index < -0.39 is 0 Å². The van der Waals surface area contributed by atoms with Gasteiger partial charge in [-0.15, -0.1) is 11.3 Å². The maximum atomic E-state index is 6.03. The summed E-state index contributed by atoms with van der Waals surface area (Å²) in [5, 5.41) is 0. The number of halogens is 1. The summed E-state index contributed by atoms with van der Waals surface area (Å²) in [6.07, 6.45) is 0. The molecule has 1 N–H and O–H groups in total. The van der Waals surface area contributed by atoms with Crippen LogP contribution in [0.3, 0.4) is 0 Å². The molecule has 0 aliphatic rings. The number of H-pyrrole nitrogens is 1. The Morgan fingerprint density at radius 3 is 2.80 bits per heavy atom. The molecule has 1 unspecified atom stereocenters. The van der Waals surface area contributed by atoms with E-state index in [2.05, 4.69) is 16.5 Å². The number of imidazole rings is 1. The molecule has 6 heteroatoms. The first-order chi connectivity index (χ1) is 9.61. The molecule has 3 rings (SSSR count). The topological polar surface area (TPSA) is 29.9 Å². The number of nitrogens with zero attached hydrogens (tertiary/aromatic N) is 1. The number of benzene rings is 1. The van der Waals surface area contributed by atoms with E-state index >= 15 is 0 Å². The summed E-state index contributed by atoms with van der Waals surface area (Å²) in [5.74, 6) is 0.795. The highest BCUT2D eigenvalue weighted by Crippen LogP contribution is 2.33. The Kier molecular flexibility index (Phi) is 3.58. The third-order valence-electron chi connectivity index (χ3n) is 3.33. The lowest BCUT2D eigenvalue weighted by Crippen LogP contribution is -2.04. The maximum Gasteiger partial charge on any atom is 0.178 e. The number of methoxy groups -OCH3 is 1. The molecule has 1 atom stereocenters. The van der Waals surface area contributed by atoms with E-state index in [1.165, 1.54) is 4.88 Å². The molecule has 1 aromatic carbocycles. The van der Waals surface area contributed by atoms with E-state index in [4.69, 9.17) is 28.6 Å². The molecule has 0 aliphatic heterocycles. The largest absolute Gasteiger partial charge is 0.494 e. The lowest BCUT2D eigenvalue weighted by molar-refractivity contribution is 0.419. The van der Waals surface area contributed by atoms with Crippen LogP contribution in [0.1, 0.15) is 17.8 Å². The molecule has 0 radical (unpaired) electrons. The van der Waals surface area contributed by atoms with Gasteiger partial charge in [-0.25, -0.2) is 0 Å². The SMILES string of the molecule is COc1cccc2c1[nH]c(=S)n2C(C)c1ccc(Cl)s1. The second-order valence-corrected chi connectivity index (χ2v) is 6.61. The van der Waals surface area contributed by atoms with Gasteiger partial charge < -0.3 is 14.3 Å². The smallest absolute Gasteiger partial charge is 0.178 e. The van der Waals surface area contributed by atoms with Crippen LogP contribution in [0.25, 0.3) is 11.0 Å². The first kappa shape index (κ1) is 13.7. The van der Waals surface area contributed by atoms with Crippen molar-refractivity contribution in [3.8, 4) is 5.75 Å². The van der Waals surface area contributed by atoms with Gasteiger partial charge in [0.15, 0.2) is 4.77 Å². The van der Waals surface area contributed by atoms with Gasteiger partial charge in [0.05, 0.1) is 23.0 Å². The van der Waals surface area contributed by atoms with Crippen molar-refractivity contribution in [1.82, 2.24) is 9.55 Å². The van der Waals surface area contributed by atoms with Crippen LogP contribution in [0.4, 0.5) is 0 Å². The monoisotopic (exact) mass is 324 g/mol. The van der Waals surface area contributed by atoms with E-state index in [1.54, 1.807) is 18.4 Å². The quantitative estimate of drug-likeness (QED) is 0.685. The van der Waals surface area contributed by atoms with E-state index in [9.17, 15) is 0 Å². The molecule has 0 spiro atoms. The van der Waals surface area contributed by atoms with Gasteiger partial charge in [0.2, 0.25) is 0 Å². The van der Waals surface area contributed by atoms with Gasteiger partial charge in [-0.05, 0) is 43.4 Å². The molecule has 20 heavy (non-hydrogen) atoms. The van der Waals surface area contributed by atoms with Crippen LogP contribution in [-0.4, -0.2) is 16.7 Å². The Bertz CT molecular complexity index is 818. The van der Waals surface area contributed by atoms with E-state index in [1.807, 2.05) is 30.3 Å².